The van der Waals surface area contributed by atoms with Crippen molar-refractivity contribution in [2.24, 2.45) is 5.92 Å². The summed E-state index contributed by atoms with van der Waals surface area (Å²) in [6.07, 6.45) is 0.797. The summed E-state index contributed by atoms with van der Waals surface area (Å²) in [7, 11) is 1.68. The predicted molar refractivity (Wildman–Crippen MR) is 79.5 cm³/mol. The third-order valence-corrected chi connectivity index (χ3v) is 3.11. The van der Waals surface area contributed by atoms with Gasteiger partial charge in [-0.2, -0.15) is 0 Å². The molecule has 0 amide bonds. The molecule has 1 aromatic rings. The van der Waals surface area contributed by atoms with Gasteiger partial charge >= 0.3 is 0 Å². The maximum atomic E-state index is 10.3. The Morgan fingerprint density at radius 1 is 1.37 bits per heavy atom. The van der Waals surface area contributed by atoms with E-state index in [0.717, 1.165) is 17.7 Å². The fourth-order valence-electron chi connectivity index (χ4n) is 2.46. The van der Waals surface area contributed by atoms with E-state index in [2.05, 4.69) is 32.2 Å². The lowest BCUT2D eigenvalue weighted by atomic mass is 9.94. The van der Waals surface area contributed by atoms with E-state index in [9.17, 15) is 5.11 Å². The number of aryl methyl sites for hydroxylation is 1. The third kappa shape index (κ3) is 5.62. The molecule has 0 saturated carbocycles. The van der Waals surface area contributed by atoms with Gasteiger partial charge in [-0.05, 0) is 32.3 Å². The summed E-state index contributed by atoms with van der Waals surface area (Å²) in [5.41, 5.74) is 1.68. The number of aliphatic hydroxyl groups is 1. The molecule has 3 nitrogen and oxygen atoms in total. The number of nitrogens with one attached hydrogen (secondary N) is 1. The second-order valence-electron chi connectivity index (χ2n) is 6.01. The first-order valence-corrected chi connectivity index (χ1v) is 6.90. The monoisotopic (exact) mass is 265 g/mol. The highest BCUT2D eigenvalue weighted by molar-refractivity contribution is 5.36. The quantitative estimate of drug-likeness (QED) is 0.796. The van der Waals surface area contributed by atoms with Crippen LogP contribution in [0, 0.1) is 12.8 Å². The van der Waals surface area contributed by atoms with Gasteiger partial charge in [-0.15, -0.1) is 0 Å². The maximum absolute atomic E-state index is 10.3. The van der Waals surface area contributed by atoms with Crippen molar-refractivity contribution in [3.8, 4) is 5.75 Å². The van der Waals surface area contributed by atoms with Crippen molar-refractivity contribution >= 4 is 0 Å². The van der Waals surface area contributed by atoms with Crippen LogP contribution >= 0.6 is 0 Å². The highest BCUT2D eigenvalue weighted by Crippen LogP contribution is 2.20. The second kappa shape index (κ2) is 6.92. The maximum Gasteiger partial charge on any atom is 0.123 e. The van der Waals surface area contributed by atoms with E-state index in [-0.39, 0.29) is 0 Å². The molecule has 0 aromatic heterocycles. The molecule has 3 heteroatoms. The number of hydrogen-bond acceptors (Lipinski definition) is 3. The zero-order valence-electron chi connectivity index (χ0n) is 12.8. The van der Waals surface area contributed by atoms with Crippen LogP contribution in [-0.2, 0) is 6.54 Å². The minimum absolute atomic E-state index is 0.491. The predicted octanol–water partition coefficient (Wildman–Crippen LogP) is 2.89. The first-order valence-electron chi connectivity index (χ1n) is 6.90. The molecule has 0 aliphatic carbocycles. The highest BCUT2D eigenvalue weighted by Gasteiger charge is 2.21. The van der Waals surface area contributed by atoms with Gasteiger partial charge in [-0.25, -0.2) is 0 Å². The number of hydrogen-bond donors (Lipinski definition) is 2. The molecule has 0 saturated heterocycles. The van der Waals surface area contributed by atoms with Gasteiger partial charge in [0.25, 0.3) is 0 Å². The van der Waals surface area contributed by atoms with Crippen LogP contribution < -0.4 is 10.1 Å². The summed E-state index contributed by atoms with van der Waals surface area (Å²) >= 11 is 0. The van der Waals surface area contributed by atoms with E-state index < -0.39 is 5.60 Å². The van der Waals surface area contributed by atoms with Crippen LogP contribution in [0.15, 0.2) is 18.2 Å². The van der Waals surface area contributed by atoms with Gasteiger partial charge in [0.05, 0.1) is 12.7 Å². The van der Waals surface area contributed by atoms with E-state index in [1.54, 1.807) is 7.11 Å². The summed E-state index contributed by atoms with van der Waals surface area (Å²) in [4.78, 5) is 0. The lowest BCUT2D eigenvalue weighted by Crippen LogP contribution is -2.38. The number of ether oxygens (including phenoxy) is 1. The summed E-state index contributed by atoms with van der Waals surface area (Å²) in [6.45, 7) is 9.49. The topological polar surface area (TPSA) is 41.5 Å². The molecule has 0 fully saturated rings. The summed E-state index contributed by atoms with van der Waals surface area (Å²) in [5, 5.41) is 13.6. The zero-order chi connectivity index (χ0) is 14.5. The molecule has 1 atom stereocenters. The standard InChI is InChI=1S/C16H27NO2/c1-12(2)9-16(4,18)11-17-10-14-8-13(3)6-7-15(14)19-5/h6-8,12,17-18H,9-11H2,1-5H3. The molecule has 0 heterocycles. The summed E-state index contributed by atoms with van der Waals surface area (Å²) in [5.74, 6) is 1.38. The van der Waals surface area contributed by atoms with Gasteiger partial charge in [0.1, 0.15) is 5.75 Å². The molecule has 0 spiro atoms. The molecule has 1 rings (SSSR count). The SMILES string of the molecule is COc1ccc(C)cc1CNCC(C)(O)CC(C)C. The van der Waals surface area contributed by atoms with Gasteiger partial charge < -0.3 is 15.2 Å². The molecule has 108 valence electrons. The number of rotatable bonds is 7. The Morgan fingerprint density at radius 3 is 2.63 bits per heavy atom. The average Bonchev–Trinajstić information content (AvgIpc) is 2.27. The van der Waals surface area contributed by atoms with Crippen molar-refractivity contribution in [1.82, 2.24) is 5.32 Å². The molecule has 0 bridgehead atoms. The van der Waals surface area contributed by atoms with E-state index in [1.165, 1.54) is 5.56 Å². The van der Waals surface area contributed by atoms with Crippen LogP contribution in [-0.4, -0.2) is 24.4 Å². The minimum Gasteiger partial charge on any atom is -0.496 e. The van der Waals surface area contributed by atoms with E-state index in [4.69, 9.17) is 4.74 Å². The van der Waals surface area contributed by atoms with Gasteiger partial charge in [-0.1, -0.05) is 31.5 Å². The Morgan fingerprint density at radius 2 is 2.05 bits per heavy atom. The molecule has 1 unspecified atom stereocenters. The second-order valence-corrected chi connectivity index (χ2v) is 6.01. The molecule has 0 aliphatic heterocycles. The van der Waals surface area contributed by atoms with Crippen LogP contribution in [0.2, 0.25) is 0 Å². The molecule has 19 heavy (non-hydrogen) atoms. The van der Waals surface area contributed by atoms with E-state index >= 15 is 0 Å². The van der Waals surface area contributed by atoms with Crippen molar-refractivity contribution < 1.29 is 9.84 Å². The Labute approximate surface area is 117 Å². The van der Waals surface area contributed by atoms with Crippen molar-refractivity contribution in [3.63, 3.8) is 0 Å². The first kappa shape index (κ1) is 16.0. The number of methoxy groups -OCH3 is 1. The van der Waals surface area contributed by atoms with Crippen LogP contribution in [0.25, 0.3) is 0 Å². The smallest absolute Gasteiger partial charge is 0.123 e. The Hall–Kier alpha value is -1.06. The fourth-order valence-corrected chi connectivity index (χ4v) is 2.46. The van der Waals surface area contributed by atoms with Crippen molar-refractivity contribution in [2.75, 3.05) is 13.7 Å². The van der Waals surface area contributed by atoms with Gasteiger partial charge in [0, 0.05) is 18.7 Å². The first-order chi connectivity index (χ1) is 8.84. The van der Waals surface area contributed by atoms with Gasteiger partial charge in [0.15, 0.2) is 0 Å². The van der Waals surface area contributed by atoms with Crippen LogP contribution in [0.4, 0.5) is 0 Å². The Balaban J connectivity index is 2.55. The van der Waals surface area contributed by atoms with Crippen LogP contribution in [0.3, 0.4) is 0 Å². The van der Waals surface area contributed by atoms with E-state index in [1.807, 2.05) is 19.1 Å². The zero-order valence-corrected chi connectivity index (χ0v) is 12.8. The molecule has 2 N–H and O–H groups in total. The van der Waals surface area contributed by atoms with Gasteiger partial charge in [-0.3, -0.25) is 0 Å². The van der Waals surface area contributed by atoms with Gasteiger partial charge in [0.2, 0.25) is 0 Å². The molecule has 0 radical (unpaired) electrons. The summed E-state index contributed by atoms with van der Waals surface area (Å²) in [6, 6.07) is 6.14. The molecule has 0 aliphatic rings. The Kier molecular flexibility index (Phi) is 5.83. The lowest BCUT2D eigenvalue weighted by molar-refractivity contribution is 0.0383. The number of benzene rings is 1. The minimum atomic E-state index is -0.661. The summed E-state index contributed by atoms with van der Waals surface area (Å²) < 4.78 is 5.35. The van der Waals surface area contributed by atoms with Crippen molar-refractivity contribution in [1.29, 1.82) is 0 Å². The Bertz CT molecular complexity index is 400. The third-order valence-electron chi connectivity index (χ3n) is 3.11. The van der Waals surface area contributed by atoms with Crippen molar-refractivity contribution in [2.45, 2.75) is 46.3 Å². The van der Waals surface area contributed by atoms with Crippen LogP contribution in [0.1, 0.15) is 38.3 Å². The largest absolute Gasteiger partial charge is 0.496 e. The average molecular weight is 265 g/mol. The molecule has 1 aromatic carbocycles. The van der Waals surface area contributed by atoms with Crippen molar-refractivity contribution in [3.05, 3.63) is 29.3 Å². The van der Waals surface area contributed by atoms with E-state index in [0.29, 0.717) is 19.0 Å². The molecular weight excluding hydrogens is 238 g/mol. The molecular formula is C16H27NO2. The van der Waals surface area contributed by atoms with Crippen LogP contribution in [0.5, 0.6) is 5.75 Å². The lowest BCUT2D eigenvalue weighted by Gasteiger charge is -2.26. The normalized spacial score (nSPS) is 14.5. The highest BCUT2D eigenvalue weighted by atomic mass is 16.5. The fraction of sp³-hybridized carbons (Fsp3) is 0.625.